The van der Waals surface area contributed by atoms with E-state index >= 15 is 0 Å². The Bertz CT molecular complexity index is 725. The largest absolute Gasteiger partial charge is 0.481 e. The topological polar surface area (TPSA) is 71.4 Å². The van der Waals surface area contributed by atoms with E-state index in [0.29, 0.717) is 16.7 Å². The summed E-state index contributed by atoms with van der Waals surface area (Å²) in [4.78, 5) is 35.7. The molecule has 0 aliphatic rings. The van der Waals surface area contributed by atoms with Crippen LogP contribution in [0.15, 0.2) is 54.6 Å². The molecule has 0 saturated heterocycles. The molecule has 0 bridgehead atoms. The second-order valence-electron chi connectivity index (χ2n) is 5.08. The molecule has 0 heterocycles. The van der Waals surface area contributed by atoms with E-state index in [0.717, 1.165) is 11.8 Å². The first-order chi connectivity index (χ1) is 11.0. The van der Waals surface area contributed by atoms with Crippen LogP contribution in [0.5, 0.6) is 0 Å². The van der Waals surface area contributed by atoms with Gasteiger partial charge < -0.3 is 5.11 Å². The summed E-state index contributed by atoms with van der Waals surface area (Å²) >= 11 is 0.921. The average molecular weight is 328 g/mol. The highest BCUT2D eigenvalue weighted by molar-refractivity contribution is 8.14. The summed E-state index contributed by atoms with van der Waals surface area (Å²) in [5.41, 5.74) is 1.15. The number of carbonyl (C=O) groups is 3. The van der Waals surface area contributed by atoms with E-state index in [1.54, 1.807) is 55.5 Å². The van der Waals surface area contributed by atoms with Gasteiger partial charge in [-0.15, -0.1) is 0 Å². The second-order valence-corrected chi connectivity index (χ2v) is 6.07. The molecule has 1 N–H and O–H groups in total. The third-order valence-electron chi connectivity index (χ3n) is 3.31. The molecule has 0 radical (unpaired) electrons. The number of carboxylic acids is 1. The number of carboxylic acid groups (broad SMARTS) is 1. The zero-order valence-electron chi connectivity index (χ0n) is 12.6. The zero-order chi connectivity index (χ0) is 16.8. The molecule has 0 fully saturated rings. The first-order valence-electron chi connectivity index (χ1n) is 7.09. The summed E-state index contributed by atoms with van der Waals surface area (Å²) in [7, 11) is 0. The van der Waals surface area contributed by atoms with Crippen molar-refractivity contribution in [2.24, 2.45) is 5.92 Å². The number of hydrogen-bond donors (Lipinski definition) is 1. The average Bonchev–Trinajstić information content (AvgIpc) is 2.59. The minimum Gasteiger partial charge on any atom is -0.481 e. The summed E-state index contributed by atoms with van der Waals surface area (Å²) in [6, 6.07) is 15.3. The highest BCUT2D eigenvalue weighted by atomic mass is 32.2. The van der Waals surface area contributed by atoms with E-state index in [2.05, 4.69) is 0 Å². The fourth-order valence-corrected chi connectivity index (χ4v) is 2.83. The Kier molecular flexibility index (Phi) is 5.71. The Morgan fingerprint density at radius 3 is 2.13 bits per heavy atom. The number of aliphatic carboxylic acids is 1. The van der Waals surface area contributed by atoms with Crippen LogP contribution in [-0.2, 0) is 4.79 Å². The highest BCUT2D eigenvalue weighted by Gasteiger charge is 2.20. The summed E-state index contributed by atoms with van der Waals surface area (Å²) in [5, 5.41) is 8.58. The van der Waals surface area contributed by atoms with Gasteiger partial charge in [-0.3, -0.25) is 14.4 Å². The van der Waals surface area contributed by atoms with Gasteiger partial charge in [0.1, 0.15) is 0 Å². The van der Waals surface area contributed by atoms with E-state index in [9.17, 15) is 14.4 Å². The third kappa shape index (κ3) is 4.29. The fraction of sp³-hybridized carbons (Fsp3) is 0.167. The molecule has 0 aromatic heterocycles. The molecule has 23 heavy (non-hydrogen) atoms. The summed E-state index contributed by atoms with van der Waals surface area (Å²) in [6.07, 6.45) is 0. The molecule has 0 spiro atoms. The van der Waals surface area contributed by atoms with Crippen LogP contribution >= 0.6 is 11.8 Å². The van der Waals surface area contributed by atoms with Crippen LogP contribution in [0, 0.1) is 5.92 Å². The normalized spacial score (nSPS) is 11.7. The number of ketones is 1. The minimum absolute atomic E-state index is 0.169. The lowest BCUT2D eigenvalue weighted by molar-refractivity contribution is -0.140. The molecular weight excluding hydrogens is 312 g/mol. The van der Waals surface area contributed by atoms with E-state index in [1.807, 2.05) is 6.07 Å². The van der Waals surface area contributed by atoms with E-state index in [4.69, 9.17) is 5.11 Å². The fourth-order valence-electron chi connectivity index (χ4n) is 1.95. The molecule has 4 nitrogen and oxygen atoms in total. The Morgan fingerprint density at radius 2 is 1.52 bits per heavy atom. The molecule has 2 aromatic rings. The van der Waals surface area contributed by atoms with Crippen molar-refractivity contribution < 1.29 is 19.5 Å². The van der Waals surface area contributed by atoms with Gasteiger partial charge in [-0.05, 0) is 6.07 Å². The summed E-state index contributed by atoms with van der Waals surface area (Å²) < 4.78 is 0. The third-order valence-corrected chi connectivity index (χ3v) is 4.46. The number of benzene rings is 2. The van der Waals surface area contributed by atoms with Crippen LogP contribution < -0.4 is 0 Å². The number of thioether (sulfide) groups is 1. The van der Waals surface area contributed by atoms with Gasteiger partial charge in [0.15, 0.2) is 5.78 Å². The van der Waals surface area contributed by atoms with Crippen LogP contribution in [0.4, 0.5) is 0 Å². The van der Waals surface area contributed by atoms with Gasteiger partial charge in [-0.25, -0.2) is 0 Å². The molecule has 1 atom stereocenters. The van der Waals surface area contributed by atoms with Crippen molar-refractivity contribution in [2.45, 2.75) is 6.92 Å². The smallest absolute Gasteiger partial charge is 0.307 e. The number of carbonyl (C=O) groups excluding carboxylic acids is 2. The lowest BCUT2D eigenvalue weighted by atomic mass is 9.99. The van der Waals surface area contributed by atoms with Crippen molar-refractivity contribution in [3.8, 4) is 0 Å². The molecule has 2 aromatic carbocycles. The van der Waals surface area contributed by atoms with Gasteiger partial charge in [0.05, 0.1) is 5.92 Å². The molecule has 0 amide bonds. The van der Waals surface area contributed by atoms with Crippen molar-refractivity contribution in [1.29, 1.82) is 0 Å². The van der Waals surface area contributed by atoms with Crippen molar-refractivity contribution in [1.82, 2.24) is 0 Å². The van der Waals surface area contributed by atoms with E-state index in [-0.39, 0.29) is 16.7 Å². The Morgan fingerprint density at radius 1 is 0.957 bits per heavy atom. The predicted octanol–water partition coefficient (Wildman–Crippen LogP) is 3.51. The standard InChI is InChI=1S/C18H16O4S/c1-12(17(20)21)11-23-18(22)15-10-6-5-9-14(15)16(19)13-7-3-2-4-8-13/h2-10,12H,11H2,1H3,(H,20,21)/t12-/m1/s1. The maximum Gasteiger partial charge on any atom is 0.307 e. The van der Waals surface area contributed by atoms with Crippen LogP contribution in [0.2, 0.25) is 0 Å². The minimum atomic E-state index is -0.945. The SMILES string of the molecule is C[C@H](CSC(=O)c1ccccc1C(=O)c1ccccc1)C(=O)O. The van der Waals surface area contributed by atoms with Crippen molar-refractivity contribution >= 4 is 28.6 Å². The molecule has 118 valence electrons. The van der Waals surface area contributed by atoms with Crippen LogP contribution in [-0.4, -0.2) is 27.7 Å². The summed E-state index contributed by atoms with van der Waals surface area (Å²) in [6.45, 7) is 1.55. The molecule has 0 unspecified atom stereocenters. The van der Waals surface area contributed by atoms with E-state index in [1.165, 1.54) is 0 Å². The monoisotopic (exact) mass is 328 g/mol. The van der Waals surface area contributed by atoms with Gasteiger partial charge >= 0.3 is 5.97 Å². The van der Waals surface area contributed by atoms with Gasteiger partial charge in [0.2, 0.25) is 5.12 Å². The van der Waals surface area contributed by atoms with E-state index < -0.39 is 11.9 Å². The van der Waals surface area contributed by atoms with Gasteiger partial charge in [0.25, 0.3) is 0 Å². The lowest BCUT2D eigenvalue weighted by Crippen LogP contribution is -2.14. The lowest BCUT2D eigenvalue weighted by Gasteiger charge is -2.09. The molecule has 2 rings (SSSR count). The van der Waals surface area contributed by atoms with Crippen LogP contribution in [0.1, 0.15) is 33.2 Å². The van der Waals surface area contributed by atoms with Crippen molar-refractivity contribution in [2.75, 3.05) is 5.75 Å². The van der Waals surface area contributed by atoms with Crippen LogP contribution in [0.25, 0.3) is 0 Å². The molecule has 0 aliphatic heterocycles. The van der Waals surface area contributed by atoms with Crippen molar-refractivity contribution in [3.63, 3.8) is 0 Å². The molecule has 0 aliphatic carbocycles. The van der Waals surface area contributed by atoms with Crippen molar-refractivity contribution in [3.05, 3.63) is 71.3 Å². The maximum atomic E-state index is 12.6. The molecular formula is C18H16O4S. The van der Waals surface area contributed by atoms with Gasteiger partial charge in [0, 0.05) is 22.4 Å². The Balaban J connectivity index is 2.22. The number of rotatable bonds is 6. The summed E-state index contributed by atoms with van der Waals surface area (Å²) in [5.74, 6) is -1.62. The van der Waals surface area contributed by atoms with Gasteiger partial charge in [-0.2, -0.15) is 0 Å². The number of hydrogen-bond acceptors (Lipinski definition) is 4. The van der Waals surface area contributed by atoms with Crippen LogP contribution in [0.3, 0.4) is 0 Å². The second kappa shape index (κ2) is 7.74. The zero-order valence-corrected chi connectivity index (χ0v) is 13.4. The Labute approximate surface area is 138 Å². The quantitative estimate of drug-likeness (QED) is 0.822. The van der Waals surface area contributed by atoms with Gasteiger partial charge in [-0.1, -0.05) is 67.2 Å². The maximum absolute atomic E-state index is 12.6. The predicted molar refractivity (Wildman–Crippen MR) is 89.9 cm³/mol. The first kappa shape index (κ1) is 17.0. The Hall–Kier alpha value is -2.40. The molecule has 5 heteroatoms. The molecule has 0 saturated carbocycles. The highest BCUT2D eigenvalue weighted by Crippen LogP contribution is 2.21. The first-order valence-corrected chi connectivity index (χ1v) is 8.08.